The summed E-state index contributed by atoms with van der Waals surface area (Å²) in [4.78, 5) is 11.8. The first-order valence-electron chi connectivity index (χ1n) is 4.43. The van der Waals surface area contributed by atoms with Gasteiger partial charge in [0.15, 0.2) is 0 Å². The number of carboxylic acid groups (broad SMARTS) is 1. The Bertz CT molecular complexity index is 396. The maximum Gasteiger partial charge on any atom is 0.328 e. The SMILES string of the molecule is O=C(O)/C=C1\CCSc2ccccc21. The van der Waals surface area contributed by atoms with Crippen LogP contribution in [0.4, 0.5) is 0 Å². The van der Waals surface area contributed by atoms with Gasteiger partial charge in [-0.2, -0.15) is 0 Å². The Morgan fingerprint density at radius 2 is 2.21 bits per heavy atom. The van der Waals surface area contributed by atoms with Crippen molar-refractivity contribution in [3.05, 3.63) is 35.9 Å². The van der Waals surface area contributed by atoms with E-state index in [1.807, 2.05) is 24.3 Å². The number of hydrogen-bond donors (Lipinski definition) is 1. The largest absolute Gasteiger partial charge is 0.478 e. The van der Waals surface area contributed by atoms with E-state index in [0.717, 1.165) is 23.3 Å². The predicted octanol–water partition coefficient (Wildman–Crippen LogP) is 2.65. The number of benzene rings is 1. The third-order valence-electron chi connectivity index (χ3n) is 2.16. The second kappa shape index (κ2) is 3.88. The Morgan fingerprint density at radius 1 is 1.43 bits per heavy atom. The first-order valence-corrected chi connectivity index (χ1v) is 5.41. The molecule has 0 atom stereocenters. The summed E-state index contributed by atoms with van der Waals surface area (Å²) in [6.45, 7) is 0. The zero-order chi connectivity index (χ0) is 9.97. The molecule has 2 rings (SSSR count). The van der Waals surface area contributed by atoms with Gasteiger partial charge in [-0.15, -0.1) is 11.8 Å². The Labute approximate surface area is 86.6 Å². The van der Waals surface area contributed by atoms with Crippen LogP contribution in [0.2, 0.25) is 0 Å². The first kappa shape index (κ1) is 9.34. The fourth-order valence-corrected chi connectivity index (χ4v) is 2.63. The molecular weight excluding hydrogens is 196 g/mol. The molecule has 0 saturated heterocycles. The second-order valence-electron chi connectivity index (χ2n) is 3.10. The molecule has 72 valence electrons. The Hall–Kier alpha value is -1.22. The lowest BCUT2D eigenvalue weighted by Gasteiger charge is -2.17. The van der Waals surface area contributed by atoms with Crippen LogP contribution in [0.25, 0.3) is 5.57 Å². The maximum absolute atomic E-state index is 10.6. The van der Waals surface area contributed by atoms with Crippen LogP contribution in [0.1, 0.15) is 12.0 Å². The molecule has 1 aliphatic rings. The topological polar surface area (TPSA) is 37.3 Å². The monoisotopic (exact) mass is 206 g/mol. The van der Waals surface area contributed by atoms with Crippen molar-refractivity contribution in [2.75, 3.05) is 5.75 Å². The van der Waals surface area contributed by atoms with Gasteiger partial charge in [0.05, 0.1) is 0 Å². The molecule has 0 amide bonds. The lowest BCUT2D eigenvalue weighted by Crippen LogP contribution is -2.00. The zero-order valence-corrected chi connectivity index (χ0v) is 8.38. The second-order valence-corrected chi connectivity index (χ2v) is 4.24. The highest BCUT2D eigenvalue weighted by atomic mass is 32.2. The Morgan fingerprint density at radius 3 is 3.00 bits per heavy atom. The van der Waals surface area contributed by atoms with E-state index in [1.54, 1.807) is 11.8 Å². The molecule has 14 heavy (non-hydrogen) atoms. The molecule has 0 spiro atoms. The van der Waals surface area contributed by atoms with E-state index in [4.69, 9.17) is 5.11 Å². The molecule has 3 heteroatoms. The van der Waals surface area contributed by atoms with Gasteiger partial charge in [0.25, 0.3) is 0 Å². The number of carboxylic acids is 1. The number of carbonyl (C=O) groups is 1. The van der Waals surface area contributed by atoms with Crippen molar-refractivity contribution in [1.82, 2.24) is 0 Å². The normalized spacial score (nSPS) is 17.9. The van der Waals surface area contributed by atoms with Crippen molar-refractivity contribution in [3.8, 4) is 0 Å². The van der Waals surface area contributed by atoms with Crippen LogP contribution in [-0.2, 0) is 4.79 Å². The van der Waals surface area contributed by atoms with Crippen molar-refractivity contribution >= 4 is 23.3 Å². The molecule has 0 saturated carbocycles. The summed E-state index contributed by atoms with van der Waals surface area (Å²) in [5, 5.41) is 8.71. The van der Waals surface area contributed by atoms with E-state index in [9.17, 15) is 4.79 Å². The summed E-state index contributed by atoms with van der Waals surface area (Å²) >= 11 is 1.79. The molecule has 0 aromatic heterocycles. The van der Waals surface area contributed by atoms with Crippen LogP contribution < -0.4 is 0 Å². The number of allylic oxidation sites excluding steroid dienone is 1. The fraction of sp³-hybridized carbons (Fsp3) is 0.182. The van der Waals surface area contributed by atoms with Crippen LogP contribution in [-0.4, -0.2) is 16.8 Å². The molecule has 1 aromatic carbocycles. The minimum Gasteiger partial charge on any atom is -0.478 e. The van der Waals surface area contributed by atoms with Crippen molar-refractivity contribution in [3.63, 3.8) is 0 Å². The summed E-state index contributed by atoms with van der Waals surface area (Å²) in [5.74, 6) is 0.109. The highest BCUT2D eigenvalue weighted by molar-refractivity contribution is 7.99. The van der Waals surface area contributed by atoms with Gasteiger partial charge in [-0.25, -0.2) is 4.79 Å². The highest BCUT2D eigenvalue weighted by Crippen LogP contribution is 2.36. The van der Waals surface area contributed by atoms with Crippen LogP contribution in [0, 0.1) is 0 Å². The highest BCUT2D eigenvalue weighted by Gasteiger charge is 2.14. The molecule has 1 N–H and O–H groups in total. The van der Waals surface area contributed by atoms with Crippen LogP contribution >= 0.6 is 11.8 Å². The average molecular weight is 206 g/mol. The van der Waals surface area contributed by atoms with Gasteiger partial charge in [-0.1, -0.05) is 18.2 Å². The van der Waals surface area contributed by atoms with Crippen LogP contribution in [0.5, 0.6) is 0 Å². The lowest BCUT2D eigenvalue weighted by molar-refractivity contribution is -0.131. The van der Waals surface area contributed by atoms with Gasteiger partial charge >= 0.3 is 5.97 Å². The van der Waals surface area contributed by atoms with Crippen LogP contribution in [0.15, 0.2) is 35.2 Å². The van der Waals surface area contributed by atoms with Crippen molar-refractivity contribution in [2.45, 2.75) is 11.3 Å². The van der Waals surface area contributed by atoms with E-state index in [1.165, 1.54) is 11.0 Å². The predicted molar refractivity (Wildman–Crippen MR) is 57.4 cm³/mol. The molecular formula is C11H10O2S. The van der Waals surface area contributed by atoms with Crippen molar-refractivity contribution < 1.29 is 9.90 Å². The summed E-state index contributed by atoms with van der Waals surface area (Å²) in [6.07, 6.45) is 2.16. The number of fused-ring (bicyclic) bond motifs is 1. The molecule has 0 bridgehead atoms. The van der Waals surface area contributed by atoms with Gasteiger partial charge < -0.3 is 5.11 Å². The number of thioether (sulfide) groups is 1. The van der Waals surface area contributed by atoms with Crippen molar-refractivity contribution in [2.24, 2.45) is 0 Å². The van der Waals surface area contributed by atoms with E-state index < -0.39 is 5.97 Å². The fourth-order valence-electron chi connectivity index (χ4n) is 1.56. The van der Waals surface area contributed by atoms with Gasteiger partial charge in [-0.05, 0) is 23.6 Å². The molecule has 1 heterocycles. The third kappa shape index (κ3) is 1.82. The average Bonchev–Trinajstić information content (AvgIpc) is 2.18. The zero-order valence-electron chi connectivity index (χ0n) is 7.56. The maximum atomic E-state index is 10.6. The molecule has 0 radical (unpaired) electrons. The number of aliphatic carboxylic acids is 1. The molecule has 0 aliphatic carbocycles. The number of hydrogen-bond acceptors (Lipinski definition) is 2. The van der Waals surface area contributed by atoms with E-state index >= 15 is 0 Å². The Kier molecular flexibility index (Phi) is 2.59. The smallest absolute Gasteiger partial charge is 0.328 e. The molecule has 0 fully saturated rings. The standard InChI is InChI=1S/C11H10O2S/c12-11(13)7-8-5-6-14-10-4-2-1-3-9(8)10/h1-4,7H,5-6H2,(H,12,13)/b8-7+. The summed E-state index contributed by atoms with van der Waals surface area (Å²) < 4.78 is 0. The van der Waals surface area contributed by atoms with Crippen molar-refractivity contribution in [1.29, 1.82) is 0 Å². The van der Waals surface area contributed by atoms with Crippen LogP contribution in [0.3, 0.4) is 0 Å². The summed E-state index contributed by atoms with van der Waals surface area (Å²) in [5.41, 5.74) is 2.01. The van der Waals surface area contributed by atoms with E-state index in [-0.39, 0.29) is 0 Å². The quantitative estimate of drug-likeness (QED) is 0.718. The van der Waals surface area contributed by atoms with Gasteiger partial charge in [0, 0.05) is 16.7 Å². The van der Waals surface area contributed by atoms with Gasteiger partial charge in [0.2, 0.25) is 0 Å². The molecule has 1 aromatic rings. The van der Waals surface area contributed by atoms with E-state index in [2.05, 4.69) is 0 Å². The van der Waals surface area contributed by atoms with Gasteiger partial charge in [0.1, 0.15) is 0 Å². The molecule has 1 aliphatic heterocycles. The van der Waals surface area contributed by atoms with E-state index in [0.29, 0.717) is 0 Å². The minimum absolute atomic E-state index is 0.841. The third-order valence-corrected chi connectivity index (χ3v) is 3.23. The minimum atomic E-state index is -0.860. The summed E-state index contributed by atoms with van der Waals surface area (Å²) in [7, 11) is 0. The number of rotatable bonds is 1. The first-order chi connectivity index (χ1) is 6.77. The summed E-state index contributed by atoms with van der Waals surface area (Å²) in [6, 6.07) is 7.95. The Balaban J connectivity index is 2.45. The molecule has 2 nitrogen and oxygen atoms in total. The lowest BCUT2D eigenvalue weighted by atomic mass is 10.0. The van der Waals surface area contributed by atoms with Gasteiger partial charge in [-0.3, -0.25) is 0 Å². The molecule has 0 unspecified atom stereocenters.